The summed E-state index contributed by atoms with van der Waals surface area (Å²) in [5.41, 5.74) is -2.14. The van der Waals surface area contributed by atoms with E-state index in [1.165, 1.54) is 24.3 Å². The molecule has 2 unspecified atom stereocenters. The summed E-state index contributed by atoms with van der Waals surface area (Å²) >= 11 is 0. The van der Waals surface area contributed by atoms with Crippen molar-refractivity contribution in [3.8, 4) is 11.8 Å². The molecule has 0 saturated heterocycles. The van der Waals surface area contributed by atoms with Gasteiger partial charge in [-0.25, -0.2) is 8.78 Å². The van der Waals surface area contributed by atoms with Crippen LogP contribution in [0.5, 0.6) is 5.75 Å². The number of nitrogens with zero attached hydrogens (tertiary/aromatic N) is 2. The number of para-hydroxylation sites is 1. The van der Waals surface area contributed by atoms with Crippen LogP contribution < -0.4 is 10.1 Å². The van der Waals surface area contributed by atoms with E-state index < -0.39 is 46.2 Å². The molecule has 2 aliphatic carbocycles. The quantitative estimate of drug-likeness (QED) is 0.537. The van der Waals surface area contributed by atoms with Gasteiger partial charge in [0.2, 0.25) is 5.60 Å². The number of aliphatic hydroxyl groups excluding tert-OH is 1. The summed E-state index contributed by atoms with van der Waals surface area (Å²) in [5.74, 6) is -4.49. The largest absolute Gasteiger partial charge is 0.505 e. The minimum absolute atomic E-state index is 0.0399. The third-order valence-electron chi connectivity index (χ3n) is 6.08. The number of dihydropyridines is 1. The minimum Gasteiger partial charge on any atom is -0.505 e. The van der Waals surface area contributed by atoms with E-state index in [1.807, 2.05) is 6.07 Å². The summed E-state index contributed by atoms with van der Waals surface area (Å²) in [6.07, 6.45) is 5.62. The van der Waals surface area contributed by atoms with Crippen LogP contribution in [0.3, 0.4) is 0 Å². The number of benzene rings is 1. The number of nitriles is 1. The molecule has 2 N–H and O–H groups in total. The first kappa shape index (κ1) is 26.1. The van der Waals surface area contributed by atoms with Gasteiger partial charge in [0, 0.05) is 12.1 Å². The van der Waals surface area contributed by atoms with Crippen molar-refractivity contribution in [2.45, 2.75) is 44.8 Å². The highest BCUT2D eigenvalue weighted by atomic mass is 19.1. The molecule has 0 spiro atoms. The van der Waals surface area contributed by atoms with Crippen molar-refractivity contribution in [2.24, 2.45) is 16.8 Å². The van der Waals surface area contributed by atoms with Gasteiger partial charge in [-0.3, -0.25) is 14.6 Å². The number of carbonyl (C=O) groups is 2. The number of carbonyl (C=O) groups excluding carboxylic acids is 2. The van der Waals surface area contributed by atoms with E-state index in [0.29, 0.717) is 5.57 Å². The van der Waals surface area contributed by atoms with Crippen molar-refractivity contribution < 1.29 is 33.0 Å². The van der Waals surface area contributed by atoms with Gasteiger partial charge in [0.1, 0.15) is 11.7 Å². The van der Waals surface area contributed by atoms with Crippen molar-refractivity contribution in [2.75, 3.05) is 13.1 Å². The molecule has 0 aromatic heterocycles. The van der Waals surface area contributed by atoms with E-state index >= 15 is 0 Å². The summed E-state index contributed by atoms with van der Waals surface area (Å²) < 4.78 is 39.1. The summed E-state index contributed by atoms with van der Waals surface area (Å²) in [5, 5.41) is 23.2. The van der Waals surface area contributed by atoms with Crippen molar-refractivity contribution >= 4 is 17.6 Å². The normalized spacial score (nSPS) is 21.7. The van der Waals surface area contributed by atoms with Crippen LogP contribution in [0.25, 0.3) is 0 Å². The molecule has 1 amide bonds. The van der Waals surface area contributed by atoms with E-state index in [1.54, 1.807) is 20.8 Å². The minimum atomic E-state index is -1.84. The molecule has 1 heterocycles. The Hall–Kier alpha value is -4.00. The second kappa shape index (κ2) is 9.81. The summed E-state index contributed by atoms with van der Waals surface area (Å²) in [7, 11) is 0. The Labute approximate surface area is 213 Å². The fraction of sp³-hybridized carbons (Fsp3) is 0.407. The standard InChI is InChI=1S/C27H27F2N3O5/c1-26(2,3)37-25(35)18(15-7-8-15)13-32-24(34)21-22(33)17-9-10-27(14-30,11-16(17)12-31-21)36-23-19(28)5-4-6-20(23)29/h4-6,9-11,15,18,33H,7-8,12-13H2,1-3H3,(H,32,34). The van der Waals surface area contributed by atoms with E-state index in [-0.39, 0.29) is 36.3 Å². The van der Waals surface area contributed by atoms with Crippen LogP contribution >= 0.6 is 0 Å². The van der Waals surface area contributed by atoms with Crippen LogP contribution in [-0.2, 0) is 14.3 Å². The average molecular weight is 512 g/mol. The van der Waals surface area contributed by atoms with E-state index in [4.69, 9.17) is 9.47 Å². The van der Waals surface area contributed by atoms with Crippen molar-refractivity contribution in [1.82, 2.24) is 5.32 Å². The third-order valence-corrected chi connectivity index (χ3v) is 6.08. The first-order chi connectivity index (χ1) is 17.4. The maximum Gasteiger partial charge on any atom is 0.311 e. The molecule has 1 aromatic rings. The van der Waals surface area contributed by atoms with Crippen LogP contribution in [0.4, 0.5) is 8.78 Å². The number of hydrogen-bond donors (Lipinski definition) is 2. The highest BCUT2D eigenvalue weighted by Crippen LogP contribution is 2.38. The zero-order valence-corrected chi connectivity index (χ0v) is 20.7. The fourth-order valence-corrected chi connectivity index (χ4v) is 4.12. The van der Waals surface area contributed by atoms with Gasteiger partial charge in [-0.2, -0.15) is 5.26 Å². The lowest BCUT2D eigenvalue weighted by atomic mass is 9.87. The zero-order valence-electron chi connectivity index (χ0n) is 20.7. The molecule has 1 aromatic carbocycles. The molecule has 194 valence electrons. The number of halogens is 2. The lowest BCUT2D eigenvalue weighted by Gasteiger charge is -2.28. The summed E-state index contributed by atoms with van der Waals surface area (Å²) in [6.45, 7) is 5.28. The molecule has 1 aliphatic heterocycles. The number of esters is 1. The van der Waals surface area contributed by atoms with Gasteiger partial charge in [0.25, 0.3) is 5.91 Å². The van der Waals surface area contributed by atoms with Gasteiger partial charge in [0.05, 0.1) is 12.5 Å². The number of allylic oxidation sites excluding steroid dienone is 1. The first-order valence-corrected chi connectivity index (χ1v) is 11.9. The third kappa shape index (κ3) is 5.71. The van der Waals surface area contributed by atoms with Gasteiger partial charge in [-0.05, 0) is 75.5 Å². The fourth-order valence-electron chi connectivity index (χ4n) is 4.12. The Morgan fingerprint density at radius 2 is 1.97 bits per heavy atom. The number of rotatable bonds is 7. The summed E-state index contributed by atoms with van der Waals surface area (Å²) in [4.78, 5) is 29.6. The maximum atomic E-state index is 14.1. The molecular formula is C27H27F2N3O5. The molecule has 37 heavy (non-hydrogen) atoms. The predicted molar refractivity (Wildman–Crippen MR) is 130 cm³/mol. The van der Waals surface area contributed by atoms with Gasteiger partial charge in [-0.15, -0.1) is 0 Å². The highest BCUT2D eigenvalue weighted by molar-refractivity contribution is 6.45. The molecular weight excluding hydrogens is 484 g/mol. The summed E-state index contributed by atoms with van der Waals surface area (Å²) in [6, 6.07) is 5.07. The van der Waals surface area contributed by atoms with Crippen LogP contribution in [0.2, 0.25) is 0 Å². The van der Waals surface area contributed by atoms with Crippen LogP contribution in [0.15, 0.2) is 58.3 Å². The van der Waals surface area contributed by atoms with E-state index in [0.717, 1.165) is 25.0 Å². The smallest absolute Gasteiger partial charge is 0.311 e. The Kier molecular flexibility index (Phi) is 6.91. The molecule has 1 fully saturated rings. The SMILES string of the molecule is CC(C)(C)OC(=O)C(CNC(=O)C1=NCC2=CC(C#N)(Oc3c(F)cccc3F)C=CC2=C1O)C1CC1. The monoisotopic (exact) mass is 511 g/mol. The van der Waals surface area contributed by atoms with Crippen molar-refractivity contribution in [3.63, 3.8) is 0 Å². The average Bonchev–Trinajstić information content (AvgIpc) is 3.66. The van der Waals surface area contributed by atoms with Gasteiger partial charge >= 0.3 is 5.97 Å². The Bertz CT molecular complexity index is 1280. The van der Waals surface area contributed by atoms with Crippen molar-refractivity contribution in [3.05, 3.63) is 65.0 Å². The molecule has 3 aliphatic rings. The van der Waals surface area contributed by atoms with E-state index in [2.05, 4.69) is 10.3 Å². The number of hydrogen-bond acceptors (Lipinski definition) is 7. The molecule has 0 radical (unpaired) electrons. The van der Waals surface area contributed by atoms with Gasteiger partial charge in [0.15, 0.2) is 28.9 Å². The lowest BCUT2D eigenvalue weighted by molar-refractivity contribution is -0.160. The molecule has 4 rings (SSSR count). The Balaban J connectivity index is 1.48. The maximum absolute atomic E-state index is 14.1. The van der Waals surface area contributed by atoms with Crippen LogP contribution in [0, 0.1) is 34.8 Å². The predicted octanol–water partition coefficient (Wildman–Crippen LogP) is 3.85. The van der Waals surface area contributed by atoms with Crippen LogP contribution in [-0.4, -0.2) is 47.0 Å². The molecule has 0 bridgehead atoms. The zero-order chi connectivity index (χ0) is 27.0. The number of fused-ring (bicyclic) bond motifs is 1. The van der Waals surface area contributed by atoms with Crippen molar-refractivity contribution in [1.29, 1.82) is 5.26 Å². The van der Waals surface area contributed by atoms with Gasteiger partial charge < -0.3 is 19.9 Å². The highest BCUT2D eigenvalue weighted by Gasteiger charge is 2.40. The molecule has 1 saturated carbocycles. The molecule has 2 atom stereocenters. The number of aliphatic hydroxyl groups is 1. The van der Waals surface area contributed by atoms with E-state index in [9.17, 15) is 28.7 Å². The molecule has 8 nitrogen and oxygen atoms in total. The number of aliphatic imine (C=N–C) groups is 1. The Morgan fingerprint density at radius 3 is 2.57 bits per heavy atom. The van der Waals surface area contributed by atoms with Crippen LogP contribution in [0.1, 0.15) is 33.6 Å². The first-order valence-electron chi connectivity index (χ1n) is 11.9. The second-order valence-corrected chi connectivity index (χ2v) is 10.2. The number of ether oxygens (including phenoxy) is 2. The molecule has 10 heteroatoms. The number of nitrogens with one attached hydrogen (secondary N) is 1. The second-order valence-electron chi connectivity index (χ2n) is 10.2. The Morgan fingerprint density at radius 1 is 1.30 bits per heavy atom. The number of amides is 1. The lowest BCUT2D eigenvalue weighted by Crippen LogP contribution is -2.41. The van der Waals surface area contributed by atoms with Gasteiger partial charge in [-0.1, -0.05) is 6.07 Å². The topological polar surface area (TPSA) is 121 Å².